The molecule has 2 N–H and O–H groups in total. The maximum absolute atomic E-state index is 11.9. The van der Waals surface area contributed by atoms with E-state index in [2.05, 4.69) is 16.6 Å². The minimum Gasteiger partial charge on any atom is -0.444 e. The van der Waals surface area contributed by atoms with Crippen LogP contribution in [0.1, 0.15) is 31.1 Å². The fraction of sp³-hybridized carbons (Fsp3) is 0.333. The van der Waals surface area contributed by atoms with Gasteiger partial charge in [0, 0.05) is 0 Å². The summed E-state index contributed by atoms with van der Waals surface area (Å²) in [5, 5.41) is 5.09. The molecule has 106 valence electrons. The van der Waals surface area contributed by atoms with E-state index in [1.165, 1.54) is 0 Å². The van der Waals surface area contributed by atoms with Gasteiger partial charge in [-0.15, -0.1) is 6.42 Å². The van der Waals surface area contributed by atoms with E-state index in [1.807, 2.05) is 0 Å². The van der Waals surface area contributed by atoms with Crippen molar-refractivity contribution in [2.24, 2.45) is 0 Å². The zero-order valence-corrected chi connectivity index (χ0v) is 11.8. The Morgan fingerprint density at radius 1 is 1.30 bits per heavy atom. The van der Waals surface area contributed by atoms with Gasteiger partial charge in [0.15, 0.2) is 0 Å². The Hall–Kier alpha value is -2.48. The lowest BCUT2D eigenvalue weighted by molar-refractivity contribution is 0.0636. The van der Waals surface area contributed by atoms with Gasteiger partial charge in [0.2, 0.25) is 0 Å². The predicted octanol–water partition coefficient (Wildman–Crippen LogP) is 2.40. The summed E-state index contributed by atoms with van der Waals surface area (Å²) >= 11 is 0. The number of nitrogens with one attached hydrogen (secondary N) is 2. The molecule has 0 spiro atoms. The fourth-order valence-corrected chi connectivity index (χ4v) is 1.43. The highest BCUT2D eigenvalue weighted by atomic mass is 16.6. The second-order valence-corrected chi connectivity index (χ2v) is 5.06. The van der Waals surface area contributed by atoms with Crippen molar-refractivity contribution < 1.29 is 14.3 Å². The lowest BCUT2D eigenvalue weighted by atomic mass is 10.1. The van der Waals surface area contributed by atoms with E-state index in [0.717, 1.165) is 0 Å². The van der Waals surface area contributed by atoms with Crippen molar-refractivity contribution in [1.82, 2.24) is 5.32 Å². The van der Waals surface area contributed by atoms with E-state index in [9.17, 15) is 9.59 Å². The Balaban J connectivity index is 2.83. The zero-order chi connectivity index (χ0) is 15.2. The number of terminal acetylenes is 1. The molecule has 0 aliphatic rings. The Kier molecular flexibility index (Phi) is 5.15. The van der Waals surface area contributed by atoms with Gasteiger partial charge in [0.05, 0.1) is 17.8 Å². The van der Waals surface area contributed by atoms with Gasteiger partial charge in [0.1, 0.15) is 5.60 Å². The van der Waals surface area contributed by atoms with Crippen LogP contribution in [0.15, 0.2) is 24.3 Å². The van der Waals surface area contributed by atoms with E-state index in [0.29, 0.717) is 11.3 Å². The molecule has 0 unspecified atom stereocenters. The standard InChI is InChI=1S/C15H18N2O3/c1-5-10-16-13(18)11-8-6-7-9-12(11)17-14(19)20-15(2,3)4/h1,6-9H,10H2,2-4H3,(H,16,18)(H,17,19). The van der Waals surface area contributed by atoms with Crippen molar-refractivity contribution in [3.05, 3.63) is 29.8 Å². The van der Waals surface area contributed by atoms with Crippen LogP contribution < -0.4 is 10.6 Å². The number of hydrogen-bond acceptors (Lipinski definition) is 3. The minimum atomic E-state index is -0.616. The third-order valence-corrected chi connectivity index (χ3v) is 2.16. The van der Waals surface area contributed by atoms with Gasteiger partial charge in [-0.2, -0.15) is 0 Å². The van der Waals surface area contributed by atoms with Gasteiger partial charge in [0.25, 0.3) is 5.91 Å². The molecular formula is C15H18N2O3. The number of ether oxygens (including phenoxy) is 1. The van der Waals surface area contributed by atoms with Crippen LogP contribution in [0.25, 0.3) is 0 Å². The van der Waals surface area contributed by atoms with E-state index in [4.69, 9.17) is 11.2 Å². The van der Waals surface area contributed by atoms with Gasteiger partial charge in [-0.3, -0.25) is 10.1 Å². The van der Waals surface area contributed by atoms with E-state index in [1.54, 1.807) is 45.0 Å². The number of para-hydroxylation sites is 1. The summed E-state index contributed by atoms with van der Waals surface area (Å²) in [6.07, 6.45) is 4.47. The van der Waals surface area contributed by atoms with Crippen molar-refractivity contribution in [3.8, 4) is 12.3 Å². The molecule has 0 saturated carbocycles. The maximum Gasteiger partial charge on any atom is 0.412 e. The van der Waals surface area contributed by atoms with Crippen molar-refractivity contribution in [2.75, 3.05) is 11.9 Å². The highest BCUT2D eigenvalue weighted by Crippen LogP contribution is 2.16. The van der Waals surface area contributed by atoms with Crippen LogP contribution in [0.2, 0.25) is 0 Å². The summed E-state index contributed by atoms with van der Waals surface area (Å²) in [6.45, 7) is 5.41. The van der Waals surface area contributed by atoms with Crippen molar-refractivity contribution in [1.29, 1.82) is 0 Å². The molecule has 0 atom stereocenters. The first-order valence-corrected chi connectivity index (χ1v) is 6.14. The lowest BCUT2D eigenvalue weighted by Crippen LogP contribution is -2.29. The molecule has 0 fully saturated rings. The topological polar surface area (TPSA) is 67.4 Å². The van der Waals surface area contributed by atoms with Crippen LogP contribution >= 0.6 is 0 Å². The maximum atomic E-state index is 11.9. The highest BCUT2D eigenvalue weighted by Gasteiger charge is 2.18. The van der Waals surface area contributed by atoms with E-state index in [-0.39, 0.29) is 12.5 Å². The first-order chi connectivity index (χ1) is 9.33. The molecule has 20 heavy (non-hydrogen) atoms. The molecule has 5 nitrogen and oxygen atoms in total. The molecular weight excluding hydrogens is 256 g/mol. The number of carbonyl (C=O) groups excluding carboxylic acids is 2. The summed E-state index contributed by atoms with van der Waals surface area (Å²) in [4.78, 5) is 23.6. The third kappa shape index (κ3) is 5.02. The fourth-order valence-electron chi connectivity index (χ4n) is 1.43. The number of amides is 2. The first kappa shape index (κ1) is 15.6. The Morgan fingerprint density at radius 2 is 1.95 bits per heavy atom. The van der Waals surface area contributed by atoms with Crippen LogP contribution in [0, 0.1) is 12.3 Å². The lowest BCUT2D eigenvalue weighted by Gasteiger charge is -2.20. The summed E-state index contributed by atoms with van der Waals surface area (Å²) in [5.41, 5.74) is 0.0926. The first-order valence-electron chi connectivity index (χ1n) is 6.14. The van der Waals surface area contributed by atoms with Gasteiger partial charge in [-0.25, -0.2) is 4.79 Å². The number of carbonyl (C=O) groups is 2. The summed E-state index contributed by atoms with van der Waals surface area (Å²) < 4.78 is 5.14. The van der Waals surface area contributed by atoms with Gasteiger partial charge >= 0.3 is 6.09 Å². The largest absolute Gasteiger partial charge is 0.444 e. The second-order valence-electron chi connectivity index (χ2n) is 5.06. The van der Waals surface area contributed by atoms with Crippen molar-refractivity contribution in [2.45, 2.75) is 26.4 Å². The SMILES string of the molecule is C#CCNC(=O)c1ccccc1NC(=O)OC(C)(C)C. The van der Waals surface area contributed by atoms with E-state index < -0.39 is 11.7 Å². The molecule has 0 bridgehead atoms. The van der Waals surface area contributed by atoms with Crippen LogP contribution in [0.4, 0.5) is 10.5 Å². The molecule has 1 aromatic carbocycles. The second kappa shape index (κ2) is 6.62. The number of anilines is 1. The molecule has 0 aromatic heterocycles. The zero-order valence-electron chi connectivity index (χ0n) is 11.8. The summed E-state index contributed by atoms with van der Waals surface area (Å²) in [7, 11) is 0. The summed E-state index contributed by atoms with van der Waals surface area (Å²) in [5.74, 6) is 1.96. The average molecular weight is 274 g/mol. The Bertz CT molecular complexity index is 539. The van der Waals surface area contributed by atoms with Crippen LogP contribution in [0.5, 0.6) is 0 Å². The molecule has 1 rings (SSSR count). The molecule has 0 saturated heterocycles. The quantitative estimate of drug-likeness (QED) is 0.832. The van der Waals surface area contributed by atoms with E-state index >= 15 is 0 Å². The van der Waals surface area contributed by atoms with Crippen LogP contribution in [-0.4, -0.2) is 24.1 Å². The van der Waals surface area contributed by atoms with Gasteiger partial charge < -0.3 is 10.1 Å². The monoisotopic (exact) mass is 274 g/mol. The van der Waals surface area contributed by atoms with Gasteiger partial charge in [-0.1, -0.05) is 18.1 Å². The van der Waals surface area contributed by atoms with Crippen molar-refractivity contribution in [3.63, 3.8) is 0 Å². The number of rotatable bonds is 3. The molecule has 0 aliphatic heterocycles. The minimum absolute atomic E-state index is 0.125. The van der Waals surface area contributed by atoms with Crippen LogP contribution in [-0.2, 0) is 4.74 Å². The third-order valence-electron chi connectivity index (χ3n) is 2.16. The summed E-state index contributed by atoms with van der Waals surface area (Å²) in [6, 6.07) is 6.63. The molecule has 0 aliphatic carbocycles. The Morgan fingerprint density at radius 3 is 2.55 bits per heavy atom. The smallest absolute Gasteiger partial charge is 0.412 e. The predicted molar refractivity (Wildman–Crippen MR) is 77.5 cm³/mol. The van der Waals surface area contributed by atoms with Crippen LogP contribution in [0.3, 0.4) is 0 Å². The molecule has 0 radical (unpaired) electrons. The molecule has 2 amide bonds. The van der Waals surface area contributed by atoms with Gasteiger partial charge in [-0.05, 0) is 32.9 Å². The average Bonchev–Trinajstić information content (AvgIpc) is 2.34. The Labute approximate surface area is 118 Å². The molecule has 5 heteroatoms. The molecule has 0 heterocycles. The molecule has 1 aromatic rings. The number of benzene rings is 1. The normalized spacial score (nSPS) is 10.3. The highest BCUT2D eigenvalue weighted by molar-refractivity contribution is 6.02. The van der Waals surface area contributed by atoms with Crippen molar-refractivity contribution >= 4 is 17.7 Å². The number of hydrogen-bond donors (Lipinski definition) is 2.